The predicted molar refractivity (Wildman–Crippen MR) is 124 cm³/mol. The molecule has 3 N–H and O–H groups in total. The van der Waals surface area contributed by atoms with Crippen molar-refractivity contribution in [3.05, 3.63) is 23.9 Å². The number of carbonyl (C=O) groups is 1. The van der Waals surface area contributed by atoms with E-state index >= 15 is 0 Å². The molecule has 1 amide bonds. The van der Waals surface area contributed by atoms with Crippen LogP contribution in [0, 0.1) is 12.3 Å². The maximum absolute atomic E-state index is 12.1. The van der Waals surface area contributed by atoms with Crippen LogP contribution in [-0.2, 0) is 9.53 Å². The number of aromatic nitrogens is 1. The standard InChI is InChI=1S/C20H33N5O2.HI/c1-16-7-6-8-17(24-16)25-18(26)9-13-22-19(21-2)23-15-20(12-14-27-3)10-4-5-11-20;/h6-8H,4-5,9-15H2,1-3H3,(H2,21,22,23)(H,24,25,26);1H. The van der Waals surface area contributed by atoms with Gasteiger partial charge in [0.25, 0.3) is 0 Å². The van der Waals surface area contributed by atoms with Gasteiger partial charge in [-0.15, -0.1) is 24.0 Å². The molecule has 0 saturated heterocycles. The Morgan fingerprint density at radius 1 is 1.29 bits per heavy atom. The number of carbonyl (C=O) groups excluding carboxylic acids is 1. The fourth-order valence-electron chi connectivity index (χ4n) is 3.56. The number of aliphatic imine (C=N–C) groups is 1. The number of nitrogens with zero attached hydrogens (tertiary/aromatic N) is 2. The van der Waals surface area contributed by atoms with Crippen LogP contribution in [0.5, 0.6) is 0 Å². The molecule has 1 aromatic rings. The first kappa shape index (κ1) is 24.6. The fourth-order valence-corrected chi connectivity index (χ4v) is 3.56. The van der Waals surface area contributed by atoms with Gasteiger partial charge in [0.05, 0.1) is 0 Å². The molecule has 1 aliphatic carbocycles. The van der Waals surface area contributed by atoms with Crippen LogP contribution in [0.15, 0.2) is 23.2 Å². The van der Waals surface area contributed by atoms with Gasteiger partial charge in [0, 0.05) is 46.0 Å². The summed E-state index contributed by atoms with van der Waals surface area (Å²) in [6.07, 6.45) is 6.44. The summed E-state index contributed by atoms with van der Waals surface area (Å²) in [5, 5.41) is 9.47. The molecule has 2 rings (SSSR count). The zero-order chi connectivity index (χ0) is 19.5. The van der Waals surface area contributed by atoms with Crippen LogP contribution in [0.1, 0.15) is 44.2 Å². The SMILES string of the molecule is CN=C(NCCC(=O)Nc1cccc(C)n1)NCC1(CCOC)CCCC1.I. The van der Waals surface area contributed by atoms with E-state index in [0.717, 1.165) is 31.2 Å². The van der Waals surface area contributed by atoms with Crippen LogP contribution in [0.4, 0.5) is 5.82 Å². The summed E-state index contributed by atoms with van der Waals surface area (Å²) in [6.45, 7) is 4.09. The molecule has 1 heterocycles. The van der Waals surface area contributed by atoms with Crippen molar-refractivity contribution in [1.29, 1.82) is 0 Å². The van der Waals surface area contributed by atoms with Crippen molar-refractivity contribution in [3.8, 4) is 0 Å². The van der Waals surface area contributed by atoms with Crippen molar-refractivity contribution in [2.45, 2.75) is 45.4 Å². The van der Waals surface area contributed by atoms with E-state index in [4.69, 9.17) is 4.74 Å². The van der Waals surface area contributed by atoms with Crippen molar-refractivity contribution in [3.63, 3.8) is 0 Å². The highest BCUT2D eigenvalue weighted by molar-refractivity contribution is 14.0. The van der Waals surface area contributed by atoms with Gasteiger partial charge in [-0.3, -0.25) is 9.79 Å². The van der Waals surface area contributed by atoms with Crippen LogP contribution < -0.4 is 16.0 Å². The van der Waals surface area contributed by atoms with E-state index < -0.39 is 0 Å². The van der Waals surface area contributed by atoms with E-state index in [2.05, 4.69) is 25.9 Å². The second kappa shape index (κ2) is 12.9. The number of nitrogens with one attached hydrogen (secondary N) is 3. The highest BCUT2D eigenvalue weighted by Gasteiger charge is 2.33. The van der Waals surface area contributed by atoms with Gasteiger partial charge in [-0.1, -0.05) is 18.9 Å². The van der Waals surface area contributed by atoms with Gasteiger partial charge >= 0.3 is 0 Å². The molecule has 0 aliphatic heterocycles. The number of ether oxygens (including phenoxy) is 1. The molecule has 0 spiro atoms. The molecular weight excluding hydrogens is 469 g/mol. The first-order chi connectivity index (χ1) is 13.1. The monoisotopic (exact) mass is 503 g/mol. The molecule has 0 bridgehead atoms. The van der Waals surface area contributed by atoms with E-state index in [1.165, 1.54) is 25.7 Å². The molecule has 0 unspecified atom stereocenters. The van der Waals surface area contributed by atoms with E-state index in [1.54, 1.807) is 20.2 Å². The smallest absolute Gasteiger partial charge is 0.227 e. The minimum Gasteiger partial charge on any atom is -0.385 e. The first-order valence-corrected chi connectivity index (χ1v) is 9.74. The molecule has 0 aromatic carbocycles. The highest BCUT2D eigenvalue weighted by Crippen LogP contribution is 2.40. The lowest BCUT2D eigenvalue weighted by Gasteiger charge is -2.29. The van der Waals surface area contributed by atoms with E-state index in [1.807, 2.05) is 19.1 Å². The fraction of sp³-hybridized carbons (Fsp3) is 0.650. The number of anilines is 1. The first-order valence-electron chi connectivity index (χ1n) is 9.74. The third-order valence-corrected chi connectivity index (χ3v) is 5.16. The molecule has 1 saturated carbocycles. The zero-order valence-corrected chi connectivity index (χ0v) is 19.5. The van der Waals surface area contributed by atoms with Crippen molar-refractivity contribution < 1.29 is 9.53 Å². The molecule has 28 heavy (non-hydrogen) atoms. The molecule has 1 aliphatic rings. The Kier molecular flexibility index (Phi) is 11.4. The number of hydrogen-bond acceptors (Lipinski definition) is 4. The van der Waals surface area contributed by atoms with Gasteiger partial charge in [-0.25, -0.2) is 4.98 Å². The molecule has 7 nitrogen and oxygen atoms in total. The molecule has 1 aromatic heterocycles. The molecular formula is C20H34IN5O2. The number of rotatable bonds is 9. The Morgan fingerprint density at radius 2 is 2.04 bits per heavy atom. The summed E-state index contributed by atoms with van der Waals surface area (Å²) in [5.74, 6) is 1.26. The summed E-state index contributed by atoms with van der Waals surface area (Å²) < 4.78 is 5.29. The number of pyridine rings is 1. The van der Waals surface area contributed by atoms with Gasteiger partial charge in [0.2, 0.25) is 5.91 Å². The zero-order valence-electron chi connectivity index (χ0n) is 17.2. The van der Waals surface area contributed by atoms with Crippen LogP contribution in [-0.4, -0.2) is 50.7 Å². The Morgan fingerprint density at radius 3 is 2.68 bits per heavy atom. The number of guanidine groups is 1. The summed E-state index contributed by atoms with van der Waals surface area (Å²) in [6, 6.07) is 5.57. The summed E-state index contributed by atoms with van der Waals surface area (Å²) in [5.41, 5.74) is 1.17. The van der Waals surface area contributed by atoms with E-state index in [-0.39, 0.29) is 29.9 Å². The van der Waals surface area contributed by atoms with Crippen LogP contribution in [0.2, 0.25) is 0 Å². The number of aryl methyl sites for hydroxylation is 1. The molecule has 8 heteroatoms. The van der Waals surface area contributed by atoms with E-state index in [9.17, 15) is 4.79 Å². The Labute approximate surface area is 185 Å². The van der Waals surface area contributed by atoms with Gasteiger partial charge in [0.1, 0.15) is 5.82 Å². The van der Waals surface area contributed by atoms with Crippen LogP contribution >= 0.6 is 24.0 Å². The van der Waals surface area contributed by atoms with Gasteiger partial charge < -0.3 is 20.7 Å². The highest BCUT2D eigenvalue weighted by atomic mass is 127. The van der Waals surface area contributed by atoms with Gasteiger partial charge in [-0.05, 0) is 43.7 Å². The quantitative estimate of drug-likeness (QED) is 0.274. The van der Waals surface area contributed by atoms with E-state index in [0.29, 0.717) is 24.2 Å². The average Bonchev–Trinajstić information content (AvgIpc) is 3.12. The minimum absolute atomic E-state index is 0. The third kappa shape index (κ3) is 8.30. The second-order valence-corrected chi connectivity index (χ2v) is 7.26. The average molecular weight is 503 g/mol. The van der Waals surface area contributed by atoms with Crippen LogP contribution in [0.25, 0.3) is 0 Å². The number of methoxy groups -OCH3 is 1. The minimum atomic E-state index is -0.0663. The predicted octanol–water partition coefficient (Wildman–Crippen LogP) is 3.10. The Hall–Kier alpha value is -1.42. The third-order valence-electron chi connectivity index (χ3n) is 5.16. The van der Waals surface area contributed by atoms with Crippen molar-refractivity contribution >= 4 is 41.7 Å². The second-order valence-electron chi connectivity index (χ2n) is 7.26. The Balaban J connectivity index is 0.00000392. The van der Waals surface area contributed by atoms with Gasteiger partial charge in [-0.2, -0.15) is 0 Å². The Bertz CT molecular complexity index is 633. The number of amides is 1. The normalized spacial score (nSPS) is 15.6. The molecule has 158 valence electrons. The number of hydrogen-bond donors (Lipinski definition) is 3. The summed E-state index contributed by atoms with van der Waals surface area (Å²) >= 11 is 0. The molecule has 0 radical (unpaired) electrons. The largest absolute Gasteiger partial charge is 0.385 e. The van der Waals surface area contributed by atoms with Gasteiger partial charge in [0.15, 0.2) is 5.96 Å². The maximum Gasteiger partial charge on any atom is 0.227 e. The lowest BCUT2D eigenvalue weighted by atomic mass is 9.83. The molecule has 1 fully saturated rings. The summed E-state index contributed by atoms with van der Waals surface area (Å²) in [7, 11) is 3.51. The van der Waals surface area contributed by atoms with Crippen molar-refractivity contribution in [2.24, 2.45) is 10.4 Å². The number of halogens is 1. The maximum atomic E-state index is 12.1. The molecule has 0 atom stereocenters. The van der Waals surface area contributed by atoms with Crippen LogP contribution in [0.3, 0.4) is 0 Å². The summed E-state index contributed by atoms with van der Waals surface area (Å²) in [4.78, 5) is 20.6. The topological polar surface area (TPSA) is 87.6 Å². The van der Waals surface area contributed by atoms with Crippen molar-refractivity contribution in [2.75, 3.05) is 39.2 Å². The van der Waals surface area contributed by atoms with Crippen molar-refractivity contribution in [1.82, 2.24) is 15.6 Å². The lowest BCUT2D eigenvalue weighted by molar-refractivity contribution is -0.116. The lowest BCUT2D eigenvalue weighted by Crippen LogP contribution is -2.44.